The Morgan fingerprint density at radius 1 is 1.31 bits per heavy atom. The third-order valence-corrected chi connectivity index (χ3v) is 3.87. The van der Waals surface area contributed by atoms with Crippen LogP contribution in [0.2, 0.25) is 0 Å². The highest BCUT2D eigenvalue weighted by Crippen LogP contribution is 2.18. The smallest absolute Gasteiger partial charge is 0.251 e. The van der Waals surface area contributed by atoms with E-state index in [2.05, 4.69) is 25.5 Å². The second-order valence-corrected chi connectivity index (χ2v) is 6.12. The second-order valence-electron chi connectivity index (χ2n) is 6.12. The molecule has 134 valence electrons. The molecule has 0 fully saturated rings. The van der Waals surface area contributed by atoms with Crippen LogP contribution in [0.1, 0.15) is 28.7 Å². The molecule has 7 nitrogen and oxygen atoms in total. The van der Waals surface area contributed by atoms with E-state index >= 15 is 0 Å². The van der Waals surface area contributed by atoms with Crippen molar-refractivity contribution in [1.82, 2.24) is 25.5 Å². The summed E-state index contributed by atoms with van der Waals surface area (Å²) < 4.78 is 5.13. The summed E-state index contributed by atoms with van der Waals surface area (Å²) in [4.78, 5) is 21.1. The Labute approximate surface area is 151 Å². The minimum absolute atomic E-state index is 0.0399. The van der Waals surface area contributed by atoms with Crippen LogP contribution in [0.3, 0.4) is 0 Å². The normalized spacial score (nSPS) is 11.8. The number of carbonyl (C=O) groups excluding carboxylic acids is 1. The number of hydrogen-bond donors (Lipinski definition) is 2. The van der Waals surface area contributed by atoms with Crippen molar-refractivity contribution < 1.29 is 9.53 Å². The van der Waals surface area contributed by atoms with E-state index < -0.39 is 0 Å². The molecule has 3 rings (SSSR count). The maximum absolute atomic E-state index is 12.6. The van der Waals surface area contributed by atoms with Gasteiger partial charge in [-0.25, -0.2) is 4.98 Å². The van der Waals surface area contributed by atoms with Crippen molar-refractivity contribution in [2.75, 3.05) is 7.11 Å². The highest BCUT2D eigenvalue weighted by molar-refractivity contribution is 5.95. The monoisotopic (exact) mass is 351 g/mol. The van der Waals surface area contributed by atoms with Gasteiger partial charge in [-0.15, -0.1) is 0 Å². The molecule has 0 saturated heterocycles. The standard InChI is InChI=1S/C19H21N5O2/c1-12(9-16-10-13(2)23-24-16)21-19(25)15-6-4-5-14(11-15)18-20-8-7-17(22-18)26-3/h4-8,10-12H,9H2,1-3H3,(H,21,25)(H,23,24)/t12-/m0/s1. The van der Waals surface area contributed by atoms with Crippen LogP contribution in [0.4, 0.5) is 0 Å². The molecule has 2 aromatic heterocycles. The highest BCUT2D eigenvalue weighted by Gasteiger charge is 2.13. The van der Waals surface area contributed by atoms with Crippen molar-refractivity contribution in [1.29, 1.82) is 0 Å². The number of benzene rings is 1. The largest absolute Gasteiger partial charge is 0.481 e. The number of aromatic amines is 1. The van der Waals surface area contributed by atoms with E-state index in [4.69, 9.17) is 4.74 Å². The summed E-state index contributed by atoms with van der Waals surface area (Å²) in [5, 5.41) is 10.1. The summed E-state index contributed by atoms with van der Waals surface area (Å²) in [6.07, 6.45) is 2.29. The number of nitrogens with one attached hydrogen (secondary N) is 2. The lowest BCUT2D eigenvalue weighted by molar-refractivity contribution is 0.0940. The molecule has 0 bridgehead atoms. The van der Waals surface area contributed by atoms with Gasteiger partial charge >= 0.3 is 0 Å². The van der Waals surface area contributed by atoms with E-state index in [1.54, 1.807) is 31.5 Å². The van der Waals surface area contributed by atoms with Crippen LogP contribution in [0, 0.1) is 6.92 Å². The van der Waals surface area contributed by atoms with Crippen LogP contribution in [-0.2, 0) is 6.42 Å². The lowest BCUT2D eigenvalue weighted by atomic mass is 10.1. The molecular formula is C19H21N5O2. The number of aryl methyl sites for hydroxylation is 1. The first-order chi connectivity index (χ1) is 12.5. The van der Waals surface area contributed by atoms with Crippen molar-refractivity contribution in [2.45, 2.75) is 26.3 Å². The zero-order valence-corrected chi connectivity index (χ0v) is 15.0. The summed E-state index contributed by atoms with van der Waals surface area (Å²) in [5.74, 6) is 0.848. The molecule has 0 aliphatic rings. The van der Waals surface area contributed by atoms with Gasteiger partial charge < -0.3 is 10.1 Å². The SMILES string of the molecule is COc1ccnc(-c2cccc(C(=O)N[C@@H](C)Cc3cc(C)[nH]n3)c2)n1. The Kier molecular flexibility index (Phi) is 5.26. The highest BCUT2D eigenvalue weighted by atomic mass is 16.5. The maximum Gasteiger partial charge on any atom is 0.251 e. The first-order valence-corrected chi connectivity index (χ1v) is 8.34. The van der Waals surface area contributed by atoms with E-state index in [9.17, 15) is 4.79 Å². The van der Waals surface area contributed by atoms with Crippen LogP contribution in [-0.4, -0.2) is 39.2 Å². The second kappa shape index (κ2) is 7.77. The van der Waals surface area contributed by atoms with Crippen LogP contribution in [0.5, 0.6) is 5.88 Å². The average molecular weight is 351 g/mol. The Hall–Kier alpha value is -3.22. The van der Waals surface area contributed by atoms with Gasteiger partial charge in [-0.2, -0.15) is 10.1 Å². The molecule has 0 unspecified atom stereocenters. The molecule has 1 aromatic carbocycles. The Morgan fingerprint density at radius 3 is 2.88 bits per heavy atom. The molecule has 0 aliphatic carbocycles. The van der Waals surface area contributed by atoms with Gasteiger partial charge in [0.25, 0.3) is 5.91 Å². The van der Waals surface area contributed by atoms with Crippen LogP contribution in [0.25, 0.3) is 11.4 Å². The molecule has 1 amide bonds. The van der Waals surface area contributed by atoms with E-state index in [-0.39, 0.29) is 11.9 Å². The van der Waals surface area contributed by atoms with Crippen molar-refractivity contribution in [3.8, 4) is 17.3 Å². The summed E-state index contributed by atoms with van der Waals surface area (Å²) in [6.45, 7) is 3.91. The number of methoxy groups -OCH3 is 1. The number of aromatic nitrogens is 4. The summed E-state index contributed by atoms with van der Waals surface area (Å²) in [6, 6.07) is 10.8. The Morgan fingerprint density at radius 2 is 2.15 bits per heavy atom. The van der Waals surface area contributed by atoms with Gasteiger partial charge in [0.2, 0.25) is 5.88 Å². The number of ether oxygens (including phenoxy) is 1. The zero-order valence-electron chi connectivity index (χ0n) is 15.0. The average Bonchev–Trinajstić information content (AvgIpc) is 3.06. The van der Waals surface area contributed by atoms with Gasteiger partial charge in [0.15, 0.2) is 5.82 Å². The summed E-state index contributed by atoms with van der Waals surface area (Å²) in [7, 11) is 1.55. The predicted molar refractivity (Wildman–Crippen MR) is 98.0 cm³/mol. The minimum Gasteiger partial charge on any atom is -0.481 e. The van der Waals surface area contributed by atoms with Crippen LogP contribution < -0.4 is 10.1 Å². The number of carbonyl (C=O) groups is 1. The Balaban J connectivity index is 1.71. The quantitative estimate of drug-likeness (QED) is 0.712. The van der Waals surface area contributed by atoms with Gasteiger partial charge in [0, 0.05) is 41.5 Å². The van der Waals surface area contributed by atoms with Gasteiger partial charge in [-0.05, 0) is 32.0 Å². The number of nitrogens with zero attached hydrogens (tertiary/aromatic N) is 3. The van der Waals surface area contributed by atoms with E-state index in [0.717, 1.165) is 17.0 Å². The third-order valence-electron chi connectivity index (χ3n) is 3.87. The lowest BCUT2D eigenvalue weighted by Crippen LogP contribution is -2.34. The number of rotatable bonds is 6. The molecule has 0 radical (unpaired) electrons. The number of hydrogen-bond acceptors (Lipinski definition) is 5. The Bertz CT molecular complexity index is 906. The molecule has 2 N–H and O–H groups in total. The van der Waals surface area contributed by atoms with Crippen molar-refractivity contribution in [3.05, 3.63) is 59.5 Å². The molecule has 2 heterocycles. The minimum atomic E-state index is -0.144. The van der Waals surface area contributed by atoms with E-state index in [1.807, 2.05) is 32.0 Å². The first-order valence-electron chi connectivity index (χ1n) is 8.34. The van der Waals surface area contributed by atoms with E-state index in [0.29, 0.717) is 23.7 Å². The van der Waals surface area contributed by atoms with Crippen molar-refractivity contribution in [3.63, 3.8) is 0 Å². The molecule has 0 saturated carbocycles. The molecule has 0 aliphatic heterocycles. The van der Waals surface area contributed by atoms with Gasteiger partial charge in [-0.3, -0.25) is 9.89 Å². The van der Waals surface area contributed by atoms with Crippen molar-refractivity contribution in [2.24, 2.45) is 0 Å². The molecule has 3 aromatic rings. The molecule has 26 heavy (non-hydrogen) atoms. The molecular weight excluding hydrogens is 330 g/mol. The number of amides is 1. The zero-order chi connectivity index (χ0) is 18.5. The van der Waals surface area contributed by atoms with Gasteiger partial charge in [0.05, 0.1) is 12.8 Å². The fourth-order valence-corrected chi connectivity index (χ4v) is 2.65. The third kappa shape index (κ3) is 4.24. The van der Waals surface area contributed by atoms with Crippen LogP contribution in [0.15, 0.2) is 42.6 Å². The lowest BCUT2D eigenvalue weighted by Gasteiger charge is -2.13. The maximum atomic E-state index is 12.6. The molecule has 7 heteroatoms. The van der Waals surface area contributed by atoms with Crippen molar-refractivity contribution >= 4 is 5.91 Å². The van der Waals surface area contributed by atoms with Crippen LogP contribution >= 0.6 is 0 Å². The topological polar surface area (TPSA) is 92.8 Å². The van der Waals surface area contributed by atoms with Gasteiger partial charge in [0.1, 0.15) is 0 Å². The summed E-state index contributed by atoms with van der Waals surface area (Å²) in [5.41, 5.74) is 3.24. The summed E-state index contributed by atoms with van der Waals surface area (Å²) >= 11 is 0. The first kappa shape index (κ1) is 17.6. The molecule has 1 atom stereocenters. The predicted octanol–water partition coefficient (Wildman–Crippen LogP) is 2.54. The van der Waals surface area contributed by atoms with Gasteiger partial charge in [-0.1, -0.05) is 12.1 Å². The number of H-pyrrole nitrogens is 1. The fraction of sp³-hybridized carbons (Fsp3) is 0.263. The molecule has 0 spiro atoms. The van der Waals surface area contributed by atoms with E-state index in [1.165, 1.54) is 0 Å². The fourth-order valence-electron chi connectivity index (χ4n) is 2.65.